The maximum Gasteiger partial charge on any atom is 0.303 e. The van der Waals surface area contributed by atoms with Gasteiger partial charge in [-0.1, -0.05) is 177 Å². The highest BCUT2D eigenvalue weighted by Crippen LogP contribution is 2.25. The van der Waals surface area contributed by atoms with Crippen LogP contribution in [0.15, 0.2) is 66.8 Å². The van der Waals surface area contributed by atoms with E-state index in [2.05, 4.69) is 85.8 Å². The van der Waals surface area contributed by atoms with Crippen molar-refractivity contribution in [1.29, 1.82) is 0 Å². The molecule has 0 heterocycles. The number of unbranched alkanes of at least 4 members (excludes halogenated alkanes) is 28. The van der Waals surface area contributed by atoms with Crippen LogP contribution >= 0.6 is 0 Å². The molecule has 366 valence electrons. The molecule has 0 unspecified atom stereocenters. The van der Waals surface area contributed by atoms with Crippen molar-refractivity contribution in [2.24, 2.45) is 0 Å². The summed E-state index contributed by atoms with van der Waals surface area (Å²) < 4.78 is 12.5. The van der Waals surface area contributed by atoms with Gasteiger partial charge in [0.05, 0.1) is 13.2 Å². The second kappa shape index (κ2) is 46.2. The molecule has 0 atom stereocenters. The van der Waals surface area contributed by atoms with Crippen LogP contribution in [0.25, 0.3) is 0 Å². The van der Waals surface area contributed by atoms with Crippen LogP contribution in [-0.2, 0) is 16.1 Å². The van der Waals surface area contributed by atoms with Gasteiger partial charge < -0.3 is 24.6 Å². The molecule has 0 saturated heterocycles. The fourth-order valence-electron chi connectivity index (χ4n) is 7.99. The Morgan fingerprint density at radius 3 is 0.984 bits per heavy atom. The molecule has 0 bridgehead atoms. The van der Waals surface area contributed by atoms with E-state index in [-0.39, 0.29) is 0 Å². The first-order valence-electron chi connectivity index (χ1n) is 26.4. The van der Waals surface area contributed by atoms with E-state index in [1.807, 2.05) is 0 Å². The van der Waals surface area contributed by atoms with E-state index in [0.29, 0.717) is 12.8 Å². The van der Waals surface area contributed by atoms with Crippen LogP contribution in [0.5, 0.6) is 11.5 Å². The van der Waals surface area contributed by atoms with Crippen molar-refractivity contribution in [3.63, 3.8) is 0 Å². The first-order chi connectivity index (χ1) is 31.4. The van der Waals surface area contributed by atoms with Crippen molar-refractivity contribution in [1.82, 2.24) is 4.90 Å². The smallest absolute Gasteiger partial charge is 0.303 e. The summed E-state index contributed by atoms with van der Waals surface area (Å²) in [6.45, 7) is 2.41. The highest BCUT2D eigenvalue weighted by molar-refractivity contribution is 5.66. The summed E-state index contributed by atoms with van der Waals surface area (Å²) in [7, 11) is 4.22. The lowest BCUT2D eigenvalue weighted by molar-refractivity contribution is -0.138. The molecule has 7 nitrogen and oxygen atoms in total. The maximum atomic E-state index is 10.5. The Bertz CT molecular complexity index is 1240. The predicted molar refractivity (Wildman–Crippen MR) is 273 cm³/mol. The lowest BCUT2D eigenvalue weighted by Crippen LogP contribution is -2.11. The minimum atomic E-state index is -0.676. The number of carboxylic acids is 2. The van der Waals surface area contributed by atoms with E-state index in [0.717, 1.165) is 108 Å². The van der Waals surface area contributed by atoms with Gasteiger partial charge in [0.2, 0.25) is 0 Å². The number of ether oxygens (including phenoxy) is 2. The Hall–Kier alpha value is -3.32. The highest BCUT2D eigenvalue weighted by atomic mass is 16.5. The van der Waals surface area contributed by atoms with E-state index in [1.165, 1.54) is 147 Å². The van der Waals surface area contributed by atoms with Gasteiger partial charge in [0.1, 0.15) is 11.5 Å². The largest absolute Gasteiger partial charge is 0.493 e. The van der Waals surface area contributed by atoms with E-state index >= 15 is 0 Å². The number of carbonyl (C=O) groups is 2. The van der Waals surface area contributed by atoms with Crippen LogP contribution in [-0.4, -0.2) is 54.4 Å². The number of rotatable bonds is 48. The Labute approximate surface area is 393 Å². The van der Waals surface area contributed by atoms with E-state index in [1.54, 1.807) is 0 Å². The fourth-order valence-corrected chi connectivity index (χ4v) is 7.99. The fraction of sp³-hybridized carbons (Fsp3) is 0.719. The lowest BCUT2D eigenvalue weighted by atomic mass is 10.1. The third-order valence-corrected chi connectivity index (χ3v) is 11.7. The zero-order valence-corrected chi connectivity index (χ0v) is 41.4. The monoisotopic (exact) mass is 892 g/mol. The molecule has 1 rings (SSSR count). The SMILES string of the molecule is CN(C)Cc1cc(OCCCCCCCCCCCC=CCC=CCCCCCCCC(=O)O)cc(OCCCCCCCCCCCC=CCC=CCCCCCCCC(=O)O)c1. The normalized spacial score (nSPS) is 12.0. The number of aliphatic carboxylic acids is 2. The third-order valence-electron chi connectivity index (χ3n) is 11.7. The zero-order valence-electron chi connectivity index (χ0n) is 41.4. The van der Waals surface area contributed by atoms with Gasteiger partial charge >= 0.3 is 11.9 Å². The molecular formula is C57H97NO6. The van der Waals surface area contributed by atoms with Crippen LogP contribution in [0, 0.1) is 0 Å². The van der Waals surface area contributed by atoms with Crippen LogP contribution in [0.3, 0.4) is 0 Å². The summed E-state index contributed by atoms with van der Waals surface area (Å²) in [5.41, 5.74) is 1.24. The maximum absolute atomic E-state index is 10.5. The van der Waals surface area contributed by atoms with Crippen LogP contribution in [0.2, 0.25) is 0 Å². The third kappa shape index (κ3) is 43.9. The number of allylic oxidation sites excluding steroid dienone is 8. The first-order valence-corrected chi connectivity index (χ1v) is 26.4. The van der Waals surface area contributed by atoms with E-state index in [9.17, 15) is 9.59 Å². The minimum Gasteiger partial charge on any atom is -0.493 e. The van der Waals surface area contributed by atoms with Gasteiger partial charge in [-0.05, 0) is 122 Å². The molecule has 0 amide bonds. The average Bonchev–Trinajstić information content (AvgIpc) is 3.26. The molecule has 0 fully saturated rings. The summed E-state index contributed by atoms with van der Waals surface area (Å²) in [5, 5.41) is 17.4. The van der Waals surface area contributed by atoms with Crippen molar-refractivity contribution in [3.05, 3.63) is 72.4 Å². The summed E-state index contributed by atoms with van der Waals surface area (Å²) in [6, 6.07) is 6.44. The van der Waals surface area contributed by atoms with Gasteiger partial charge in [-0.15, -0.1) is 0 Å². The van der Waals surface area contributed by atoms with Gasteiger partial charge in [0.15, 0.2) is 0 Å². The molecule has 0 aromatic heterocycles. The summed E-state index contributed by atoms with van der Waals surface area (Å²) in [5.74, 6) is 0.519. The predicted octanol–water partition coefficient (Wildman–Crippen LogP) is 16.9. The molecule has 2 N–H and O–H groups in total. The van der Waals surface area contributed by atoms with Crippen molar-refractivity contribution in [2.45, 2.75) is 238 Å². The summed E-state index contributed by atoms with van der Waals surface area (Å²) >= 11 is 0. The van der Waals surface area contributed by atoms with Crippen LogP contribution < -0.4 is 9.47 Å². The lowest BCUT2D eigenvalue weighted by Gasteiger charge is -2.15. The molecule has 0 radical (unpaired) electrons. The van der Waals surface area contributed by atoms with E-state index < -0.39 is 11.9 Å². The molecule has 7 heteroatoms. The van der Waals surface area contributed by atoms with Gasteiger partial charge in [-0.25, -0.2) is 0 Å². The molecule has 0 aliphatic heterocycles. The Morgan fingerprint density at radius 1 is 0.406 bits per heavy atom. The number of nitrogens with zero attached hydrogens (tertiary/aromatic N) is 1. The second-order valence-corrected chi connectivity index (χ2v) is 18.4. The Kier molecular flexibility index (Phi) is 42.4. The van der Waals surface area contributed by atoms with Gasteiger partial charge in [0.25, 0.3) is 0 Å². The summed E-state index contributed by atoms with van der Waals surface area (Å²) in [6.07, 6.45) is 59.9. The molecule has 1 aromatic carbocycles. The number of hydrogen-bond acceptors (Lipinski definition) is 5. The number of benzene rings is 1. The van der Waals surface area contributed by atoms with Crippen LogP contribution in [0.1, 0.15) is 237 Å². The molecule has 1 aromatic rings. The standard InChI is InChI=1S/C57H97NO6/c1-58(2)52-53-49-54(63-47-43-39-35-31-27-23-19-15-11-7-3-5-9-13-17-21-25-29-33-37-41-45-56(59)60)51-55(50-53)64-48-44-40-36-32-28-24-20-16-12-8-4-6-10-14-18-22-26-30-34-38-42-46-57(61)62/h3-6,13-14,17-18,49-51H,7-12,15-16,19-48,52H2,1-2H3,(H,59,60)(H,61,62). The zero-order chi connectivity index (χ0) is 46.2. The second-order valence-electron chi connectivity index (χ2n) is 18.4. The Morgan fingerprint density at radius 2 is 0.688 bits per heavy atom. The Balaban J connectivity index is 1.99. The summed E-state index contributed by atoms with van der Waals surface area (Å²) in [4.78, 5) is 23.3. The number of hydrogen-bond donors (Lipinski definition) is 2. The first kappa shape index (κ1) is 58.7. The topological polar surface area (TPSA) is 96.3 Å². The van der Waals surface area contributed by atoms with Crippen molar-refractivity contribution >= 4 is 11.9 Å². The van der Waals surface area contributed by atoms with Gasteiger partial charge in [-0.3, -0.25) is 9.59 Å². The highest BCUT2D eigenvalue weighted by Gasteiger charge is 2.06. The van der Waals surface area contributed by atoms with Crippen molar-refractivity contribution < 1.29 is 29.3 Å². The molecule has 0 aliphatic rings. The minimum absolute atomic E-state index is 0.310. The quantitative estimate of drug-likeness (QED) is 0.0497. The van der Waals surface area contributed by atoms with Crippen molar-refractivity contribution in [2.75, 3.05) is 27.3 Å². The average molecular weight is 892 g/mol. The molecule has 64 heavy (non-hydrogen) atoms. The number of carboxylic acid groups (broad SMARTS) is 2. The molecular weight excluding hydrogens is 795 g/mol. The van der Waals surface area contributed by atoms with Gasteiger partial charge in [-0.2, -0.15) is 0 Å². The molecule has 0 saturated carbocycles. The van der Waals surface area contributed by atoms with Gasteiger partial charge in [0, 0.05) is 25.5 Å². The van der Waals surface area contributed by atoms with Crippen molar-refractivity contribution in [3.8, 4) is 11.5 Å². The van der Waals surface area contributed by atoms with Crippen LogP contribution in [0.4, 0.5) is 0 Å². The molecule has 0 spiro atoms. The molecule has 0 aliphatic carbocycles. The van der Waals surface area contributed by atoms with E-state index in [4.69, 9.17) is 19.7 Å².